The van der Waals surface area contributed by atoms with E-state index in [9.17, 15) is 0 Å². The molecule has 1 saturated heterocycles. The summed E-state index contributed by atoms with van der Waals surface area (Å²) in [5.41, 5.74) is 1.24. The van der Waals surface area contributed by atoms with Crippen molar-refractivity contribution in [2.24, 2.45) is 4.99 Å². The summed E-state index contributed by atoms with van der Waals surface area (Å²) in [4.78, 5) is 4.66. The lowest BCUT2D eigenvalue weighted by Gasteiger charge is -2.24. The molecule has 0 spiro atoms. The summed E-state index contributed by atoms with van der Waals surface area (Å²) >= 11 is 2.07. The maximum atomic E-state index is 4.66. The molecule has 0 aromatic heterocycles. The van der Waals surface area contributed by atoms with Crippen molar-refractivity contribution in [1.29, 1.82) is 0 Å². The average Bonchev–Trinajstić information content (AvgIpc) is 2.90. The number of hydrogen-bond donors (Lipinski definition) is 2. The van der Waals surface area contributed by atoms with Crippen LogP contribution in [-0.4, -0.2) is 29.5 Å². The van der Waals surface area contributed by atoms with E-state index < -0.39 is 0 Å². The molecule has 2 rings (SSSR count). The maximum Gasteiger partial charge on any atom is 0.191 e. The van der Waals surface area contributed by atoms with E-state index in [0.717, 1.165) is 25.6 Å². The van der Waals surface area contributed by atoms with Crippen LogP contribution >= 0.6 is 11.8 Å². The lowest BCUT2D eigenvalue weighted by atomic mass is 10.1. The fraction of sp³-hybridized carbons (Fsp3) is 0.562. The third-order valence-electron chi connectivity index (χ3n) is 3.54. The van der Waals surface area contributed by atoms with Crippen molar-refractivity contribution in [2.45, 2.75) is 38.0 Å². The van der Waals surface area contributed by atoms with Gasteiger partial charge < -0.3 is 10.6 Å². The van der Waals surface area contributed by atoms with Gasteiger partial charge in [0.1, 0.15) is 0 Å². The van der Waals surface area contributed by atoms with Gasteiger partial charge in [0.2, 0.25) is 0 Å². The number of nitrogens with zero attached hydrogens (tertiary/aromatic N) is 1. The third kappa shape index (κ3) is 4.75. The Balaban J connectivity index is 1.89. The molecule has 1 aromatic rings. The van der Waals surface area contributed by atoms with Crippen molar-refractivity contribution in [1.82, 2.24) is 10.6 Å². The van der Waals surface area contributed by atoms with E-state index in [1.807, 2.05) is 6.07 Å². The smallest absolute Gasteiger partial charge is 0.191 e. The Labute approximate surface area is 126 Å². The van der Waals surface area contributed by atoms with Crippen molar-refractivity contribution in [2.75, 3.05) is 18.8 Å². The molecule has 0 saturated carbocycles. The van der Waals surface area contributed by atoms with Crippen LogP contribution in [0.1, 0.15) is 32.3 Å². The Kier molecular flexibility index (Phi) is 5.77. The van der Waals surface area contributed by atoms with Crippen molar-refractivity contribution < 1.29 is 0 Å². The highest BCUT2D eigenvalue weighted by Crippen LogP contribution is 2.36. The van der Waals surface area contributed by atoms with Crippen molar-refractivity contribution >= 4 is 17.7 Å². The van der Waals surface area contributed by atoms with E-state index in [2.05, 4.69) is 65.5 Å². The second-order valence-corrected chi connectivity index (χ2v) is 7.12. The monoisotopic (exact) mass is 291 g/mol. The zero-order valence-electron chi connectivity index (χ0n) is 12.5. The van der Waals surface area contributed by atoms with Gasteiger partial charge in [-0.05, 0) is 38.0 Å². The molecule has 1 fully saturated rings. The van der Waals surface area contributed by atoms with Gasteiger partial charge in [0.25, 0.3) is 0 Å². The first-order chi connectivity index (χ1) is 9.72. The predicted molar refractivity (Wildman–Crippen MR) is 89.4 cm³/mol. The fourth-order valence-electron chi connectivity index (χ4n) is 2.34. The number of hydrogen-bond acceptors (Lipinski definition) is 2. The van der Waals surface area contributed by atoms with Crippen LogP contribution < -0.4 is 10.6 Å². The molecule has 0 aliphatic carbocycles. The molecule has 1 aliphatic rings. The first-order valence-corrected chi connectivity index (χ1v) is 8.40. The minimum absolute atomic E-state index is 0.364. The topological polar surface area (TPSA) is 36.4 Å². The molecule has 110 valence electrons. The Bertz CT molecular complexity index is 425. The zero-order valence-corrected chi connectivity index (χ0v) is 13.3. The molecule has 1 aliphatic heterocycles. The lowest BCUT2D eigenvalue weighted by Crippen LogP contribution is -2.43. The minimum atomic E-state index is 0.364. The predicted octanol–water partition coefficient (Wildman–Crippen LogP) is 3.03. The molecule has 0 bridgehead atoms. The molecule has 20 heavy (non-hydrogen) atoms. The molecule has 1 atom stereocenters. The van der Waals surface area contributed by atoms with Crippen LogP contribution in [0.25, 0.3) is 0 Å². The van der Waals surface area contributed by atoms with E-state index in [4.69, 9.17) is 0 Å². The van der Waals surface area contributed by atoms with E-state index >= 15 is 0 Å². The molecule has 0 radical (unpaired) electrons. The quantitative estimate of drug-likeness (QED) is 0.647. The summed E-state index contributed by atoms with van der Waals surface area (Å²) in [6, 6.07) is 10.4. The normalized spacial score (nSPS) is 22.8. The molecular weight excluding hydrogens is 266 g/mol. The fourth-order valence-corrected chi connectivity index (χ4v) is 3.59. The second kappa shape index (κ2) is 7.58. The summed E-state index contributed by atoms with van der Waals surface area (Å²) in [6.07, 6.45) is 2.63. The lowest BCUT2D eigenvalue weighted by molar-refractivity contribution is 0.584. The van der Waals surface area contributed by atoms with Gasteiger partial charge in [-0.3, -0.25) is 0 Å². The Morgan fingerprint density at radius 2 is 2.10 bits per heavy atom. The Morgan fingerprint density at radius 3 is 2.75 bits per heavy atom. The largest absolute Gasteiger partial charge is 0.357 e. The summed E-state index contributed by atoms with van der Waals surface area (Å²) in [7, 11) is 0. The van der Waals surface area contributed by atoms with Gasteiger partial charge >= 0.3 is 0 Å². The van der Waals surface area contributed by atoms with Gasteiger partial charge in [-0.2, -0.15) is 11.8 Å². The van der Waals surface area contributed by atoms with Crippen LogP contribution in [0.2, 0.25) is 0 Å². The second-order valence-electron chi connectivity index (χ2n) is 5.44. The standard InChI is InChI=1S/C16H25N3S/c1-3-17-15(18-12-14-8-5-4-6-9-14)19-13-16(2)10-7-11-20-16/h4-6,8-9H,3,7,10-13H2,1-2H3,(H2,17,18,19). The number of guanidine groups is 1. The van der Waals surface area contributed by atoms with Gasteiger partial charge in [0.05, 0.1) is 6.54 Å². The van der Waals surface area contributed by atoms with E-state index in [0.29, 0.717) is 4.75 Å². The van der Waals surface area contributed by atoms with Crippen LogP contribution in [0.5, 0.6) is 0 Å². The highest BCUT2D eigenvalue weighted by molar-refractivity contribution is 8.00. The van der Waals surface area contributed by atoms with Crippen LogP contribution in [0.3, 0.4) is 0 Å². The van der Waals surface area contributed by atoms with E-state index in [1.165, 1.54) is 24.2 Å². The molecule has 1 heterocycles. The SMILES string of the molecule is CCNC(=NCc1ccccc1)NCC1(C)CCCS1. The molecular formula is C16H25N3S. The third-order valence-corrected chi connectivity index (χ3v) is 5.08. The van der Waals surface area contributed by atoms with Crippen molar-refractivity contribution in [3.05, 3.63) is 35.9 Å². The molecule has 0 amide bonds. The number of aliphatic imine (C=N–C) groups is 1. The summed E-state index contributed by atoms with van der Waals surface area (Å²) in [5.74, 6) is 2.21. The molecule has 2 N–H and O–H groups in total. The van der Waals surface area contributed by atoms with Crippen LogP contribution in [0.15, 0.2) is 35.3 Å². The van der Waals surface area contributed by atoms with Gasteiger partial charge in [-0.15, -0.1) is 0 Å². The van der Waals surface area contributed by atoms with E-state index in [-0.39, 0.29) is 0 Å². The maximum absolute atomic E-state index is 4.66. The van der Waals surface area contributed by atoms with Crippen LogP contribution in [-0.2, 0) is 6.54 Å². The average molecular weight is 291 g/mol. The van der Waals surface area contributed by atoms with Gasteiger partial charge in [-0.25, -0.2) is 4.99 Å². The summed E-state index contributed by atoms with van der Waals surface area (Å²) in [6.45, 7) is 7.05. The highest BCUT2D eigenvalue weighted by atomic mass is 32.2. The van der Waals surface area contributed by atoms with E-state index in [1.54, 1.807) is 0 Å². The molecule has 1 unspecified atom stereocenters. The molecule has 4 heteroatoms. The number of rotatable bonds is 5. The summed E-state index contributed by atoms with van der Waals surface area (Å²) < 4.78 is 0.364. The van der Waals surface area contributed by atoms with Crippen LogP contribution in [0, 0.1) is 0 Å². The highest BCUT2D eigenvalue weighted by Gasteiger charge is 2.29. The number of benzene rings is 1. The van der Waals surface area contributed by atoms with Crippen molar-refractivity contribution in [3.8, 4) is 0 Å². The summed E-state index contributed by atoms with van der Waals surface area (Å²) in [5, 5.41) is 6.82. The Morgan fingerprint density at radius 1 is 1.30 bits per heavy atom. The first kappa shape index (κ1) is 15.2. The molecule has 3 nitrogen and oxygen atoms in total. The Hall–Kier alpha value is -1.16. The van der Waals surface area contributed by atoms with Crippen LogP contribution in [0.4, 0.5) is 0 Å². The number of thioether (sulfide) groups is 1. The number of nitrogens with one attached hydrogen (secondary N) is 2. The van der Waals surface area contributed by atoms with Gasteiger partial charge in [-0.1, -0.05) is 30.3 Å². The van der Waals surface area contributed by atoms with Gasteiger partial charge in [0, 0.05) is 17.8 Å². The van der Waals surface area contributed by atoms with Gasteiger partial charge in [0.15, 0.2) is 5.96 Å². The van der Waals surface area contributed by atoms with Crippen molar-refractivity contribution in [3.63, 3.8) is 0 Å². The molecule has 1 aromatic carbocycles. The first-order valence-electron chi connectivity index (χ1n) is 7.42. The minimum Gasteiger partial charge on any atom is -0.357 e. The zero-order chi connectivity index (χ0) is 14.3.